The molecule has 1 N–H and O–H groups in total. The van der Waals surface area contributed by atoms with Gasteiger partial charge in [0.1, 0.15) is 0 Å². The first-order valence-corrected chi connectivity index (χ1v) is 4.51. The highest BCUT2D eigenvalue weighted by Crippen LogP contribution is 2.30. The van der Waals surface area contributed by atoms with Gasteiger partial charge in [0.2, 0.25) is 0 Å². The number of aliphatic hydroxyl groups excluding tert-OH is 1. The SMILES string of the molecule is OC(Cc1ccc(C(F)(F)F)cc1)C(F)(F)F. The smallest absolute Gasteiger partial charge is 0.383 e. The van der Waals surface area contributed by atoms with Crippen molar-refractivity contribution in [2.45, 2.75) is 24.9 Å². The molecule has 0 spiro atoms. The molecule has 7 heteroatoms. The lowest BCUT2D eigenvalue weighted by molar-refractivity contribution is -0.203. The first-order valence-electron chi connectivity index (χ1n) is 4.51. The molecule has 0 saturated heterocycles. The van der Waals surface area contributed by atoms with Crippen LogP contribution in [0.5, 0.6) is 0 Å². The predicted molar refractivity (Wildman–Crippen MR) is 47.2 cm³/mol. The molecular weight excluding hydrogens is 250 g/mol. The zero-order chi connectivity index (χ0) is 13.3. The van der Waals surface area contributed by atoms with E-state index in [1.54, 1.807) is 0 Å². The molecule has 1 rings (SSSR count). The minimum absolute atomic E-state index is 0.0113. The highest BCUT2D eigenvalue weighted by atomic mass is 19.4. The van der Waals surface area contributed by atoms with Crippen molar-refractivity contribution < 1.29 is 31.4 Å². The number of hydrogen-bond acceptors (Lipinski definition) is 1. The first-order chi connectivity index (χ1) is 7.60. The second-order valence-corrected chi connectivity index (χ2v) is 3.46. The molecule has 0 heterocycles. The fraction of sp³-hybridized carbons (Fsp3) is 0.400. The number of halogens is 6. The molecule has 0 aliphatic carbocycles. The minimum atomic E-state index is -4.78. The van der Waals surface area contributed by atoms with Crippen LogP contribution < -0.4 is 0 Å². The molecule has 0 radical (unpaired) electrons. The van der Waals surface area contributed by atoms with E-state index in [4.69, 9.17) is 5.11 Å². The standard InChI is InChI=1S/C10H8F6O/c11-9(12,13)7-3-1-6(2-4-7)5-8(17)10(14,15)16/h1-4,8,17H,5H2. The zero-order valence-corrected chi connectivity index (χ0v) is 8.31. The van der Waals surface area contributed by atoms with Gasteiger partial charge in [0.05, 0.1) is 5.56 Å². The van der Waals surface area contributed by atoms with Crippen molar-refractivity contribution in [2.24, 2.45) is 0 Å². The van der Waals surface area contributed by atoms with Gasteiger partial charge in [0.25, 0.3) is 0 Å². The van der Waals surface area contributed by atoms with E-state index in [0.717, 1.165) is 12.1 Å². The molecule has 0 aliphatic rings. The lowest BCUT2D eigenvalue weighted by Crippen LogP contribution is -2.30. The molecule has 1 aromatic carbocycles. The molecule has 0 saturated carbocycles. The van der Waals surface area contributed by atoms with Gasteiger partial charge in [-0.2, -0.15) is 26.3 Å². The van der Waals surface area contributed by atoms with Crippen LogP contribution in [0.3, 0.4) is 0 Å². The molecule has 0 aliphatic heterocycles. The topological polar surface area (TPSA) is 20.2 Å². The summed E-state index contributed by atoms with van der Waals surface area (Å²) in [7, 11) is 0. The van der Waals surface area contributed by atoms with E-state index >= 15 is 0 Å². The third-order valence-corrected chi connectivity index (χ3v) is 2.09. The number of benzene rings is 1. The van der Waals surface area contributed by atoms with E-state index in [-0.39, 0.29) is 5.56 Å². The molecule has 1 nitrogen and oxygen atoms in total. The summed E-state index contributed by atoms with van der Waals surface area (Å²) in [6.07, 6.45) is -12.6. The minimum Gasteiger partial charge on any atom is -0.383 e. The van der Waals surface area contributed by atoms with E-state index in [2.05, 4.69) is 0 Å². The fourth-order valence-electron chi connectivity index (χ4n) is 1.17. The number of rotatable bonds is 2. The Balaban J connectivity index is 2.76. The summed E-state index contributed by atoms with van der Waals surface area (Å²) in [4.78, 5) is 0. The van der Waals surface area contributed by atoms with Gasteiger partial charge in [-0.1, -0.05) is 12.1 Å². The van der Waals surface area contributed by atoms with Gasteiger partial charge < -0.3 is 5.11 Å². The summed E-state index contributed by atoms with van der Waals surface area (Å²) in [5.74, 6) is 0. The van der Waals surface area contributed by atoms with Crippen molar-refractivity contribution in [3.8, 4) is 0 Å². The summed E-state index contributed by atoms with van der Waals surface area (Å²) in [6.45, 7) is 0. The Labute approximate surface area is 92.7 Å². The molecule has 0 fully saturated rings. The van der Waals surface area contributed by atoms with Gasteiger partial charge in [-0.3, -0.25) is 0 Å². The Morgan fingerprint density at radius 3 is 1.76 bits per heavy atom. The second kappa shape index (κ2) is 4.56. The largest absolute Gasteiger partial charge is 0.416 e. The van der Waals surface area contributed by atoms with Gasteiger partial charge in [-0.05, 0) is 17.7 Å². The number of hydrogen-bond donors (Lipinski definition) is 1. The molecule has 0 aromatic heterocycles. The van der Waals surface area contributed by atoms with Crippen LogP contribution in [0.15, 0.2) is 24.3 Å². The van der Waals surface area contributed by atoms with Gasteiger partial charge in [-0.25, -0.2) is 0 Å². The first kappa shape index (κ1) is 13.8. The third kappa shape index (κ3) is 3.92. The molecule has 1 unspecified atom stereocenters. The van der Waals surface area contributed by atoms with Crippen LogP contribution in [0, 0.1) is 0 Å². The third-order valence-electron chi connectivity index (χ3n) is 2.09. The van der Waals surface area contributed by atoms with Gasteiger partial charge in [0.15, 0.2) is 6.10 Å². The molecule has 0 bridgehead atoms. The molecule has 17 heavy (non-hydrogen) atoms. The number of aliphatic hydroxyl groups is 1. The zero-order valence-electron chi connectivity index (χ0n) is 8.31. The van der Waals surface area contributed by atoms with Gasteiger partial charge >= 0.3 is 12.4 Å². The summed E-state index contributed by atoms with van der Waals surface area (Å²) >= 11 is 0. The van der Waals surface area contributed by atoms with E-state index in [1.807, 2.05) is 0 Å². The maximum atomic E-state index is 12.1. The predicted octanol–water partition coefficient (Wildman–Crippen LogP) is 3.17. The molecular formula is C10H8F6O. The van der Waals surface area contributed by atoms with Crippen molar-refractivity contribution in [1.82, 2.24) is 0 Å². The highest BCUT2D eigenvalue weighted by molar-refractivity contribution is 5.25. The monoisotopic (exact) mass is 258 g/mol. The Kier molecular flexibility index (Phi) is 3.71. The van der Waals surface area contributed by atoms with E-state index in [0.29, 0.717) is 12.1 Å². The normalized spacial score (nSPS) is 14.8. The van der Waals surface area contributed by atoms with Crippen LogP contribution in [0.2, 0.25) is 0 Å². The van der Waals surface area contributed by atoms with Crippen LogP contribution in [-0.2, 0) is 12.6 Å². The van der Waals surface area contributed by atoms with E-state index < -0.39 is 30.4 Å². The van der Waals surface area contributed by atoms with Crippen molar-refractivity contribution in [1.29, 1.82) is 0 Å². The van der Waals surface area contributed by atoms with Crippen LogP contribution >= 0.6 is 0 Å². The average molecular weight is 258 g/mol. The van der Waals surface area contributed by atoms with Crippen LogP contribution in [-0.4, -0.2) is 17.4 Å². The lowest BCUT2D eigenvalue weighted by atomic mass is 10.1. The van der Waals surface area contributed by atoms with E-state index in [9.17, 15) is 26.3 Å². The maximum Gasteiger partial charge on any atom is 0.416 e. The van der Waals surface area contributed by atoms with Crippen molar-refractivity contribution in [3.05, 3.63) is 35.4 Å². The molecule has 0 amide bonds. The van der Waals surface area contributed by atoms with Crippen molar-refractivity contribution in [3.63, 3.8) is 0 Å². The van der Waals surface area contributed by atoms with Crippen molar-refractivity contribution >= 4 is 0 Å². The summed E-state index contributed by atoms with van der Waals surface area (Å²) in [6, 6.07) is 3.19. The maximum absolute atomic E-state index is 12.1. The van der Waals surface area contributed by atoms with Crippen molar-refractivity contribution in [2.75, 3.05) is 0 Å². The lowest BCUT2D eigenvalue weighted by Gasteiger charge is -2.14. The van der Waals surface area contributed by atoms with Crippen LogP contribution in [0.1, 0.15) is 11.1 Å². The Bertz CT molecular complexity index is 364. The highest BCUT2D eigenvalue weighted by Gasteiger charge is 2.38. The van der Waals surface area contributed by atoms with Gasteiger partial charge in [-0.15, -0.1) is 0 Å². The Hall–Kier alpha value is -1.24. The van der Waals surface area contributed by atoms with Gasteiger partial charge in [0, 0.05) is 6.42 Å². The Morgan fingerprint density at radius 1 is 0.941 bits per heavy atom. The summed E-state index contributed by atoms with van der Waals surface area (Å²) < 4.78 is 72.3. The molecule has 1 atom stereocenters. The fourth-order valence-corrected chi connectivity index (χ4v) is 1.17. The molecule has 1 aromatic rings. The Morgan fingerprint density at radius 2 is 1.41 bits per heavy atom. The summed E-state index contributed by atoms with van der Waals surface area (Å²) in [5, 5.41) is 8.72. The molecule has 96 valence electrons. The van der Waals surface area contributed by atoms with Crippen LogP contribution in [0.25, 0.3) is 0 Å². The second-order valence-electron chi connectivity index (χ2n) is 3.46. The quantitative estimate of drug-likeness (QED) is 0.808. The van der Waals surface area contributed by atoms with E-state index in [1.165, 1.54) is 0 Å². The average Bonchev–Trinajstić information content (AvgIpc) is 2.15. The number of alkyl halides is 6. The van der Waals surface area contributed by atoms with Crippen LogP contribution in [0.4, 0.5) is 26.3 Å². The summed E-state index contributed by atoms with van der Waals surface area (Å²) in [5.41, 5.74) is -0.953.